The van der Waals surface area contributed by atoms with Gasteiger partial charge in [-0.25, -0.2) is 0 Å². The first-order valence-corrected chi connectivity index (χ1v) is 7.64. The second-order valence-electron chi connectivity index (χ2n) is 4.03. The molecule has 0 amide bonds. The van der Waals surface area contributed by atoms with Crippen LogP contribution in [0.15, 0.2) is 20.4 Å². The molecule has 1 atom stereocenters. The number of likely N-dealkylation sites (N-methyl/N-ethyl adjacent to an activating group) is 1. The molecule has 0 bridgehead atoms. The molecule has 0 spiro atoms. The Morgan fingerprint density at radius 3 is 3.00 bits per heavy atom. The third kappa shape index (κ3) is 4.10. The first-order chi connectivity index (χ1) is 9.22. The summed E-state index contributed by atoms with van der Waals surface area (Å²) in [4.78, 5) is 5.41. The normalized spacial score (nSPS) is 12.8. The molecule has 0 radical (unpaired) electrons. The van der Waals surface area contributed by atoms with Crippen LogP contribution >= 0.6 is 27.3 Å². The molecule has 7 heteroatoms. The molecule has 2 rings (SSSR count). The Morgan fingerprint density at radius 1 is 1.53 bits per heavy atom. The van der Waals surface area contributed by atoms with Crippen LogP contribution in [0.3, 0.4) is 0 Å². The average molecular weight is 346 g/mol. The smallest absolute Gasteiger partial charge is 0.228 e. The minimum Gasteiger partial charge on any atom is -0.383 e. The van der Waals surface area contributed by atoms with Gasteiger partial charge in [-0.3, -0.25) is 0 Å². The fourth-order valence-electron chi connectivity index (χ4n) is 1.76. The predicted octanol–water partition coefficient (Wildman–Crippen LogP) is 2.73. The number of methoxy groups -OCH3 is 1. The molecule has 0 aliphatic rings. The largest absolute Gasteiger partial charge is 0.383 e. The van der Waals surface area contributed by atoms with Crippen LogP contribution in [-0.4, -0.2) is 36.4 Å². The summed E-state index contributed by atoms with van der Waals surface area (Å²) in [6.45, 7) is 3.56. The first kappa shape index (κ1) is 14.6. The standard InChI is InChI=1S/C12H16BrN3O2S/c1-3-14-8(7-17-2)6-11-15-12(16-18-11)9-4-5-10(13)19-9/h4-5,8,14H,3,6-7H2,1-2H3. The number of nitrogens with zero attached hydrogens (tertiary/aromatic N) is 2. The number of hydrogen-bond donors (Lipinski definition) is 1. The lowest BCUT2D eigenvalue weighted by Crippen LogP contribution is -2.35. The zero-order chi connectivity index (χ0) is 13.7. The third-order valence-electron chi connectivity index (χ3n) is 2.54. The molecule has 104 valence electrons. The molecule has 2 aromatic heterocycles. The van der Waals surface area contributed by atoms with Crippen molar-refractivity contribution in [3.05, 3.63) is 21.8 Å². The molecule has 0 saturated carbocycles. The zero-order valence-corrected chi connectivity index (χ0v) is 13.3. The molecule has 1 N–H and O–H groups in total. The first-order valence-electron chi connectivity index (χ1n) is 6.03. The van der Waals surface area contributed by atoms with Gasteiger partial charge < -0.3 is 14.6 Å². The molecule has 0 fully saturated rings. The van der Waals surface area contributed by atoms with E-state index >= 15 is 0 Å². The highest BCUT2D eigenvalue weighted by Gasteiger charge is 2.15. The van der Waals surface area contributed by atoms with Gasteiger partial charge in [0.15, 0.2) is 0 Å². The number of aromatic nitrogens is 2. The maximum Gasteiger partial charge on any atom is 0.228 e. The van der Waals surface area contributed by atoms with Crippen molar-refractivity contribution >= 4 is 27.3 Å². The van der Waals surface area contributed by atoms with Crippen LogP contribution in [0.4, 0.5) is 0 Å². The van der Waals surface area contributed by atoms with Gasteiger partial charge in [-0.1, -0.05) is 12.1 Å². The summed E-state index contributed by atoms with van der Waals surface area (Å²) in [6.07, 6.45) is 0.668. The highest BCUT2D eigenvalue weighted by molar-refractivity contribution is 9.11. The van der Waals surface area contributed by atoms with Gasteiger partial charge in [0.25, 0.3) is 0 Å². The van der Waals surface area contributed by atoms with E-state index in [9.17, 15) is 0 Å². The summed E-state index contributed by atoms with van der Waals surface area (Å²) in [6, 6.07) is 4.14. The maximum atomic E-state index is 5.29. The van der Waals surface area contributed by atoms with Crippen molar-refractivity contribution in [2.75, 3.05) is 20.3 Å². The lowest BCUT2D eigenvalue weighted by Gasteiger charge is -2.14. The Hall–Kier alpha value is -0.760. The zero-order valence-electron chi connectivity index (χ0n) is 10.9. The Morgan fingerprint density at radius 2 is 2.37 bits per heavy atom. The number of thiophene rings is 1. The van der Waals surface area contributed by atoms with Crippen molar-refractivity contribution in [1.82, 2.24) is 15.5 Å². The van der Waals surface area contributed by atoms with Gasteiger partial charge in [-0.2, -0.15) is 4.98 Å². The molecular weight excluding hydrogens is 330 g/mol. The number of rotatable bonds is 7. The fourth-order valence-corrected chi connectivity index (χ4v) is 3.07. The van der Waals surface area contributed by atoms with Crippen LogP contribution in [0.5, 0.6) is 0 Å². The molecule has 2 heterocycles. The number of hydrogen-bond acceptors (Lipinski definition) is 6. The third-order valence-corrected chi connectivity index (χ3v) is 4.16. The summed E-state index contributed by atoms with van der Waals surface area (Å²) in [5.41, 5.74) is 0. The van der Waals surface area contributed by atoms with Crippen LogP contribution in [0.2, 0.25) is 0 Å². The number of ether oxygens (including phenoxy) is 1. The van der Waals surface area contributed by atoms with Gasteiger partial charge in [0.2, 0.25) is 11.7 Å². The van der Waals surface area contributed by atoms with Gasteiger partial charge in [0, 0.05) is 19.6 Å². The Labute approximate surface area is 124 Å². The summed E-state index contributed by atoms with van der Waals surface area (Å²) >= 11 is 5.01. The molecule has 2 aromatic rings. The van der Waals surface area contributed by atoms with E-state index in [1.807, 2.05) is 12.1 Å². The molecule has 19 heavy (non-hydrogen) atoms. The Balaban J connectivity index is 2.03. The summed E-state index contributed by atoms with van der Waals surface area (Å²) in [5.74, 6) is 1.26. The van der Waals surface area contributed by atoms with E-state index in [1.54, 1.807) is 18.4 Å². The van der Waals surface area contributed by atoms with Gasteiger partial charge in [-0.15, -0.1) is 11.3 Å². The van der Waals surface area contributed by atoms with Crippen molar-refractivity contribution in [1.29, 1.82) is 0 Å². The van der Waals surface area contributed by atoms with Crippen molar-refractivity contribution in [3.63, 3.8) is 0 Å². The SMILES string of the molecule is CCNC(COC)Cc1nc(-c2ccc(Br)s2)no1. The minimum atomic E-state index is 0.193. The molecule has 1 unspecified atom stereocenters. The topological polar surface area (TPSA) is 60.2 Å². The highest BCUT2D eigenvalue weighted by atomic mass is 79.9. The van der Waals surface area contributed by atoms with E-state index in [2.05, 4.69) is 38.3 Å². The minimum absolute atomic E-state index is 0.193. The Kier molecular flexibility index (Phi) is 5.50. The number of halogens is 1. The van der Waals surface area contributed by atoms with Gasteiger partial charge in [0.1, 0.15) is 0 Å². The monoisotopic (exact) mass is 345 g/mol. The summed E-state index contributed by atoms with van der Waals surface area (Å²) in [7, 11) is 1.69. The average Bonchev–Trinajstić information content (AvgIpc) is 2.99. The van der Waals surface area contributed by atoms with Gasteiger partial charge in [-0.05, 0) is 34.6 Å². The molecule has 0 aliphatic carbocycles. The van der Waals surface area contributed by atoms with E-state index < -0.39 is 0 Å². The van der Waals surface area contributed by atoms with Crippen molar-refractivity contribution in [2.24, 2.45) is 0 Å². The van der Waals surface area contributed by atoms with Gasteiger partial charge >= 0.3 is 0 Å². The second-order valence-corrected chi connectivity index (χ2v) is 6.49. The molecule has 0 saturated heterocycles. The van der Waals surface area contributed by atoms with E-state index in [-0.39, 0.29) is 6.04 Å². The quantitative estimate of drug-likeness (QED) is 0.835. The molecule has 5 nitrogen and oxygen atoms in total. The molecule has 0 aromatic carbocycles. The predicted molar refractivity (Wildman–Crippen MR) is 78.4 cm³/mol. The Bertz CT molecular complexity index is 509. The van der Waals surface area contributed by atoms with Crippen LogP contribution in [-0.2, 0) is 11.2 Å². The fraction of sp³-hybridized carbons (Fsp3) is 0.500. The maximum absolute atomic E-state index is 5.29. The lowest BCUT2D eigenvalue weighted by molar-refractivity contribution is 0.162. The van der Waals surface area contributed by atoms with Crippen molar-refractivity contribution in [2.45, 2.75) is 19.4 Å². The summed E-state index contributed by atoms with van der Waals surface area (Å²) < 4.78 is 11.5. The lowest BCUT2D eigenvalue weighted by atomic mass is 10.2. The van der Waals surface area contributed by atoms with Crippen LogP contribution in [0.1, 0.15) is 12.8 Å². The van der Waals surface area contributed by atoms with E-state index in [0.717, 1.165) is 15.2 Å². The number of nitrogens with one attached hydrogen (secondary N) is 1. The van der Waals surface area contributed by atoms with Gasteiger partial charge in [0.05, 0.1) is 15.3 Å². The highest BCUT2D eigenvalue weighted by Crippen LogP contribution is 2.29. The van der Waals surface area contributed by atoms with Crippen molar-refractivity contribution < 1.29 is 9.26 Å². The second kappa shape index (κ2) is 7.14. The van der Waals surface area contributed by atoms with Crippen LogP contribution in [0.25, 0.3) is 10.7 Å². The van der Waals surface area contributed by atoms with Crippen molar-refractivity contribution in [3.8, 4) is 10.7 Å². The molecule has 0 aliphatic heterocycles. The van der Waals surface area contributed by atoms with E-state index in [4.69, 9.17) is 9.26 Å². The molecular formula is C12H16BrN3O2S. The van der Waals surface area contributed by atoms with E-state index in [0.29, 0.717) is 24.7 Å². The van der Waals surface area contributed by atoms with Crippen LogP contribution in [0, 0.1) is 0 Å². The van der Waals surface area contributed by atoms with Crippen LogP contribution < -0.4 is 5.32 Å². The van der Waals surface area contributed by atoms with E-state index in [1.165, 1.54) is 0 Å². The summed E-state index contributed by atoms with van der Waals surface area (Å²) in [5, 5.41) is 7.34.